The Kier molecular flexibility index (Phi) is 6.04. The van der Waals surface area contributed by atoms with Gasteiger partial charge in [0.2, 0.25) is 0 Å². The molecule has 0 unspecified atom stereocenters. The van der Waals surface area contributed by atoms with E-state index in [1.165, 1.54) is 12.1 Å². The van der Waals surface area contributed by atoms with Gasteiger partial charge in [0, 0.05) is 41.2 Å². The molecule has 6 aromatic rings. The lowest BCUT2D eigenvalue weighted by molar-refractivity contribution is -0.384. The van der Waals surface area contributed by atoms with Gasteiger partial charge >= 0.3 is 0 Å². The van der Waals surface area contributed by atoms with E-state index in [9.17, 15) is 10.1 Å². The lowest BCUT2D eigenvalue weighted by atomic mass is 10.1. The molecular formula is C32H22N4O2. The summed E-state index contributed by atoms with van der Waals surface area (Å²) in [6, 6.07) is 38.9. The van der Waals surface area contributed by atoms with E-state index >= 15 is 0 Å². The maximum absolute atomic E-state index is 11.3. The van der Waals surface area contributed by atoms with Crippen molar-refractivity contribution in [3.8, 4) is 28.2 Å². The summed E-state index contributed by atoms with van der Waals surface area (Å²) in [7, 11) is 0. The van der Waals surface area contributed by atoms with Crippen LogP contribution >= 0.6 is 0 Å². The Balaban J connectivity index is 1.56. The lowest BCUT2D eigenvalue weighted by Gasteiger charge is -2.15. The van der Waals surface area contributed by atoms with Crippen molar-refractivity contribution in [2.45, 2.75) is 0 Å². The molecule has 0 aliphatic carbocycles. The van der Waals surface area contributed by atoms with Crippen molar-refractivity contribution >= 4 is 28.5 Å². The van der Waals surface area contributed by atoms with Crippen molar-refractivity contribution in [1.82, 2.24) is 9.55 Å². The number of aromatic nitrogens is 2. The molecule has 6 nitrogen and oxygen atoms in total. The van der Waals surface area contributed by atoms with Crippen LogP contribution in [0.1, 0.15) is 5.56 Å². The van der Waals surface area contributed by atoms with Crippen LogP contribution < -0.4 is 0 Å². The first-order valence-corrected chi connectivity index (χ1v) is 12.2. The third kappa shape index (κ3) is 4.47. The molecule has 0 saturated carbocycles. The van der Waals surface area contributed by atoms with E-state index in [2.05, 4.69) is 39.9 Å². The highest BCUT2D eigenvalue weighted by atomic mass is 16.6. The second kappa shape index (κ2) is 9.95. The minimum atomic E-state index is -0.382. The average molecular weight is 495 g/mol. The number of hydrogen-bond acceptors (Lipinski definition) is 4. The molecule has 0 fully saturated rings. The predicted octanol–water partition coefficient (Wildman–Crippen LogP) is 8.02. The number of fused-ring (bicyclic) bond motifs is 1. The average Bonchev–Trinajstić information content (AvgIpc) is 3.36. The van der Waals surface area contributed by atoms with E-state index in [0.717, 1.165) is 50.4 Å². The van der Waals surface area contributed by atoms with Gasteiger partial charge in [-0.05, 0) is 53.6 Å². The minimum Gasteiger partial charge on any atom is -0.309 e. The van der Waals surface area contributed by atoms with Crippen molar-refractivity contribution in [3.05, 3.63) is 143 Å². The Morgan fingerprint density at radius 2 is 1.47 bits per heavy atom. The van der Waals surface area contributed by atoms with Gasteiger partial charge in [-0.25, -0.2) is 0 Å². The van der Waals surface area contributed by atoms with Crippen molar-refractivity contribution < 1.29 is 4.92 Å². The summed E-state index contributed by atoms with van der Waals surface area (Å²) in [4.78, 5) is 20.2. The number of nitro groups is 1. The summed E-state index contributed by atoms with van der Waals surface area (Å²) in [6.07, 6.45) is 3.66. The number of benzene rings is 4. The molecule has 182 valence electrons. The van der Waals surface area contributed by atoms with E-state index in [1.807, 2.05) is 72.9 Å². The number of aliphatic imine (C=N–C) groups is 1. The Labute approximate surface area is 219 Å². The molecule has 0 amide bonds. The number of non-ortho nitro benzene ring substituents is 1. The SMILES string of the molecule is O=[N+]([O-])c1ccc(-n2c(-c3ccccc3)cc(C=Nc3ccc4ncccc4c3)c2-c2ccccc2)cc1. The van der Waals surface area contributed by atoms with Gasteiger partial charge in [-0.15, -0.1) is 0 Å². The summed E-state index contributed by atoms with van der Waals surface area (Å²) >= 11 is 0. The van der Waals surface area contributed by atoms with Crippen LogP contribution in [0.15, 0.2) is 133 Å². The molecule has 0 bridgehead atoms. The highest BCUT2D eigenvalue weighted by molar-refractivity contribution is 5.95. The number of nitro benzene ring substituents is 1. The Bertz CT molecular complexity index is 1770. The number of hydrogen-bond donors (Lipinski definition) is 0. The number of pyridine rings is 1. The zero-order valence-electron chi connectivity index (χ0n) is 20.3. The van der Waals surface area contributed by atoms with Gasteiger partial charge in [0.25, 0.3) is 5.69 Å². The summed E-state index contributed by atoms with van der Waals surface area (Å²) in [6.45, 7) is 0. The van der Waals surface area contributed by atoms with Crippen LogP contribution in [0.3, 0.4) is 0 Å². The van der Waals surface area contributed by atoms with Crippen LogP contribution in [-0.2, 0) is 0 Å². The predicted molar refractivity (Wildman–Crippen MR) is 152 cm³/mol. The first-order chi connectivity index (χ1) is 18.7. The molecule has 6 heteroatoms. The number of nitrogens with zero attached hydrogens (tertiary/aromatic N) is 4. The highest BCUT2D eigenvalue weighted by Gasteiger charge is 2.19. The maximum atomic E-state index is 11.3. The smallest absolute Gasteiger partial charge is 0.269 e. The van der Waals surface area contributed by atoms with Gasteiger partial charge in [-0.2, -0.15) is 0 Å². The molecule has 0 aliphatic rings. The third-order valence-electron chi connectivity index (χ3n) is 6.40. The fourth-order valence-electron chi connectivity index (χ4n) is 4.62. The maximum Gasteiger partial charge on any atom is 0.269 e. The van der Waals surface area contributed by atoms with Crippen molar-refractivity contribution in [2.75, 3.05) is 0 Å². The Hall–Kier alpha value is -5.36. The number of rotatable bonds is 6. The van der Waals surface area contributed by atoms with Crippen LogP contribution in [-0.4, -0.2) is 20.7 Å². The molecule has 0 aliphatic heterocycles. The standard InChI is InChI=1S/C32H22N4O2/c37-36(38)29-16-14-28(15-17-29)35-31(23-8-3-1-4-9-23)21-26(32(35)24-10-5-2-6-11-24)22-34-27-13-18-30-25(20-27)12-7-19-33-30/h1-22H. The van der Waals surface area contributed by atoms with E-state index in [-0.39, 0.29) is 10.6 Å². The molecule has 0 atom stereocenters. The molecule has 2 heterocycles. The largest absolute Gasteiger partial charge is 0.309 e. The van der Waals surface area contributed by atoms with Crippen LogP contribution in [0.4, 0.5) is 11.4 Å². The topological polar surface area (TPSA) is 73.3 Å². The molecule has 38 heavy (non-hydrogen) atoms. The highest BCUT2D eigenvalue weighted by Crippen LogP contribution is 2.36. The van der Waals surface area contributed by atoms with E-state index in [1.54, 1.807) is 18.3 Å². The van der Waals surface area contributed by atoms with E-state index in [4.69, 9.17) is 4.99 Å². The van der Waals surface area contributed by atoms with Gasteiger partial charge in [0.1, 0.15) is 0 Å². The Morgan fingerprint density at radius 1 is 0.763 bits per heavy atom. The molecule has 0 saturated heterocycles. The zero-order valence-corrected chi connectivity index (χ0v) is 20.3. The third-order valence-corrected chi connectivity index (χ3v) is 6.40. The van der Waals surface area contributed by atoms with Gasteiger partial charge in [0.05, 0.1) is 27.5 Å². The fourth-order valence-corrected chi connectivity index (χ4v) is 4.62. The molecule has 6 rings (SSSR count). The van der Waals surface area contributed by atoms with Crippen molar-refractivity contribution in [2.24, 2.45) is 4.99 Å². The summed E-state index contributed by atoms with van der Waals surface area (Å²) < 4.78 is 2.14. The molecule has 2 aromatic heterocycles. The Morgan fingerprint density at radius 3 is 2.18 bits per heavy atom. The van der Waals surface area contributed by atoms with E-state index < -0.39 is 0 Å². The molecule has 0 N–H and O–H groups in total. The first kappa shape index (κ1) is 23.1. The van der Waals surface area contributed by atoms with Crippen molar-refractivity contribution in [1.29, 1.82) is 0 Å². The fraction of sp³-hybridized carbons (Fsp3) is 0. The second-order valence-corrected chi connectivity index (χ2v) is 8.81. The summed E-state index contributed by atoms with van der Waals surface area (Å²) in [5.41, 5.74) is 7.50. The van der Waals surface area contributed by atoms with Crippen LogP contribution in [0.5, 0.6) is 0 Å². The molecule has 4 aromatic carbocycles. The van der Waals surface area contributed by atoms with Gasteiger partial charge < -0.3 is 4.57 Å². The van der Waals surface area contributed by atoms with Gasteiger partial charge in [0.15, 0.2) is 0 Å². The van der Waals surface area contributed by atoms with Crippen LogP contribution in [0.25, 0.3) is 39.1 Å². The first-order valence-electron chi connectivity index (χ1n) is 12.2. The monoisotopic (exact) mass is 494 g/mol. The van der Waals surface area contributed by atoms with E-state index in [0.29, 0.717) is 0 Å². The zero-order chi connectivity index (χ0) is 25.9. The minimum absolute atomic E-state index is 0.0519. The van der Waals surface area contributed by atoms with Gasteiger partial charge in [-0.1, -0.05) is 66.7 Å². The lowest BCUT2D eigenvalue weighted by Crippen LogP contribution is -2.01. The van der Waals surface area contributed by atoms with Crippen LogP contribution in [0, 0.1) is 10.1 Å². The molecule has 0 radical (unpaired) electrons. The quantitative estimate of drug-likeness (QED) is 0.134. The van der Waals surface area contributed by atoms with Gasteiger partial charge in [-0.3, -0.25) is 20.1 Å². The molecule has 0 spiro atoms. The van der Waals surface area contributed by atoms with Crippen LogP contribution in [0.2, 0.25) is 0 Å². The summed E-state index contributed by atoms with van der Waals surface area (Å²) in [5, 5.41) is 12.3. The normalized spacial score (nSPS) is 11.3. The molecular weight excluding hydrogens is 472 g/mol. The second-order valence-electron chi connectivity index (χ2n) is 8.81. The van der Waals surface area contributed by atoms with Crippen molar-refractivity contribution in [3.63, 3.8) is 0 Å². The summed E-state index contributed by atoms with van der Waals surface area (Å²) in [5.74, 6) is 0.